The first kappa shape index (κ1) is 16.8. The van der Waals surface area contributed by atoms with Gasteiger partial charge in [0.2, 0.25) is 0 Å². The van der Waals surface area contributed by atoms with Crippen LogP contribution < -0.4 is 10.2 Å². The molecule has 1 amide bonds. The van der Waals surface area contributed by atoms with Crippen LogP contribution in [0.1, 0.15) is 28.9 Å². The first-order chi connectivity index (χ1) is 12.8. The Labute approximate surface area is 153 Å². The smallest absolute Gasteiger partial charge is 0.272 e. The molecule has 5 heteroatoms. The maximum absolute atomic E-state index is 12.8. The van der Waals surface area contributed by atoms with E-state index in [0.29, 0.717) is 18.2 Å². The second kappa shape index (κ2) is 7.70. The van der Waals surface area contributed by atoms with Crippen molar-refractivity contribution in [3.8, 4) is 0 Å². The lowest BCUT2D eigenvalue weighted by Gasteiger charge is -2.29. The minimum Gasteiger partial charge on any atom is -0.381 e. The Morgan fingerprint density at radius 2 is 1.96 bits per heavy atom. The molecule has 0 radical (unpaired) electrons. The highest BCUT2D eigenvalue weighted by atomic mass is 16.5. The van der Waals surface area contributed by atoms with Crippen LogP contribution in [0.25, 0.3) is 6.08 Å². The lowest BCUT2D eigenvalue weighted by Crippen LogP contribution is -2.34. The molecule has 0 saturated carbocycles. The Bertz CT molecular complexity index is 812. The number of nitrogens with zero attached hydrogens (tertiary/aromatic N) is 2. The van der Waals surface area contributed by atoms with Gasteiger partial charge in [-0.25, -0.2) is 4.98 Å². The van der Waals surface area contributed by atoms with Crippen molar-refractivity contribution in [1.29, 1.82) is 0 Å². The zero-order valence-electron chi connectivity index (χ0n) is 14.7. The standard InChI is InChI=1S/C21H23N3O2/c25-21(23-15-16-9-13-26-14-10-16)20-19(8-3-11-22-20)24-12-4-6-17-5-1-2-7-18(17)24/h1-8,11,16H,9-10,12-15H2,(H,23,25). The minimum atomic E-state index is -0.112. The van der Waals surface area contributed by atoms with Crippen LogP contribution in [0, 0.1) is 5.92 Å². The summed E-state index contributed by atoms with van der Waals surface area (Å²) in [5, 5.41) is 3.07. The number of pyridine rings is 1. The van der Waals surface area contributed by atoms with E-state index in [-0.39, 0.29) is 5.91 Å². The molecule has 4 rings (SSSR count). The fraction of sp³-hybridized carbons (Fsp3) is 0.333. The number of amides is 1. The van der Waals surface area contributed by atoms with Gasteiger partial charge >= 0.3 is 0 Å². The molecule has 0 bridgehead atoms. The van der Waals surface area contributed by atoms with Crippen molar-refractivity contribution in [3.05, 3.63) is 59.9 Å². The molecule has 134 valence electrons. The summed E-state index contributed by atoms with van der Waals surface area (Å²) in [6, 6.07) is 12.1. The van der Waals surface area contributed by atoms with E-state index in [4.69, 9.17) is 4.74 Å². The summed E-state index contributed by atoms with van der Waals surface area (Å²) < 4.78 is 5.38. The van der Waals surface area contributed by atoms with Crippen LogP contribution >= 0.6 is 0 Å². The second-order valence-electron chi connectivity index (χ2n) is 6.71. The first-order valence-corrected chi connectivity index (χ1v) is 9.17. The van der Waals surface area contributed by atoms with Gasteiger partial charge in [-0.1, -0.05) is 30.4 Å². The third-order valence-electron chi connectivity index (χ3n) is 5.00. The lowest BCUT2D eigenvalue weighted by molar-refractivity contribution is 0.0642. The molecular formula is C21H23N3O2. The molecule has 1 fully saturated rings. The van der Waals surface area contributed by atoms with E-state index in [9.17, 15) is 4.79 Å². The number of hydrogen-bond acceptors (Lipinski definition) is 4. The SMILES string of the molecule is O=C(NCC1CCOCC1)c1ncccc1N1CC=Cc2ccccc21. The number of aromatic nitrogens is 1. The first-order valence-electron chi connectivity index (χ1n) is 9.17. The van der Waals surface area contributed by atoms with Gasteiger partial charge in [0.1, 0.15) is 0 Å². The summed E-state index contributed by atoms with van der Waals surface area (Å²) >= 11 is 0. The van der Waals surface area contributed by atoms with Gasteiger partial charge in [0.15, 0.2) is 5.69 Å². The average molecular weight is 349 g/mol. The maximum atomic E-state index is 12.8. The summed E-state index contributed by atoms with van der Waals surface area (Å²) in [6.07, 6.45) is 7.91. The topological polar surface area (TPSA) is 54.5 Å². The van der Waals surface area contributed by atoms with Crippen molar-refractivity contribution in [2.24, 2.45) is 5.92 Å². The molecule has 0 aliphatic carbocycles. The Balaban J connectivity index is 1.55. The number of nitrogens with one attached hydrogen (secondary N) is 1. The summed E-state index contributed by atoms with van der Waals surface area (Å²) in [4.78, 5) is 19.3. The summed E-state index contributed by atoms with van der Waals surface area (Å²) in [6.45, 7) is 2.97. The van der Waals surface area contributed by atoms with E-state index >= 15 is 0 Å². The van der Waals surface area contributed by atoms with Gasteiger partial charge in [-0.05, 0) is 42.5 Å². The van der Waals surface area contributed by atoms with Gasteiger partial charge in [-0.2, -0.15) is 0 Å². The maximum Gasteiger partial charge on any atom is 0.272 e. The van der Waals surface area contributed by atoms with E-state index in [2.05, 4.69) is 39.5 Å². The highest BCUT2D eigenvalue weighted by Crippen LogP contribution is 2.33. The molecular weight excluding hydrogens is 326 g/mol. The van der Waals surface area contributed by atoms with E-state index in [0.717, 1.165) is 49.5 Å². The van der Waals surface area contributed by atoms with E-state index < -0.39 is 0 Å². The molecule has 1 N–H and O–H groups in total. The molecule has 0 unspecified atom stereocenters. The Morgan fingerprint density at radius 1 is 1.15 bits per heavy atom. The van der Waals surface area contributed by atoms with Crippen LogP contribution in [0.5, 0.6) is 0 Å². The van der Waals surface area contributed by atoms with Crippen molar-refractivity contribution < 1.29 is 9.53 Å². The van der Waals surface area contributed by atoms with Gasteiger partial charge in [0.25, 0.3) is 5.91 Å². The predicted molar refractivity (Wildman–Crippen MR) is 103 cm³/mol. The number of benzene rings is 1. The number of fused-ring (bicyclic) bond motifs is 1. The third-order valence-corrected chi connectivity index (χ3v) is 5.00. The van der Waals surface area contributed by atoms with E-state index in [1.165, 1.54) is 0 Å². The highest BCUT2D eigenvalue weighted by molar-refractivity contribution is 5.99. The fourth-order valence-electron chi connectivity index (χ4n) is 3.55. The van der Waals surface area contributed by atoms with Crippen molar-refractivity contribution >= 4 is 23.4 Å². The number of ether oxygens (including phenoxy) is 1. The number of hydrogen-bond donors (Lipinski definition) is 1. The minimum absolute atomic E-state index is 0.112. The zero-order valence-corrected chi connectivity index (χ0v) is 14.7. The molecule has 2 aliphatic rings. The molecule has 5 nitrogen and oxygen atoms in total. The van der Waals surface area contributed by atoms with Crippen LogP contribution in [0.2, 0.25) is 0 Å². The van der Waals surface area contributed by atoms with Gasteiger partial charge in [-0.15, -0.1) is 0 Å². The molecule has 0 atom stereocenters. The van der Waals surface area contributed by atoms with Crippen LogP contribution in [0.4, 0.5) is 11.4 Å². The van der Waals surface area contributed by atoms with Gasteiger partial charge in [0.05, 0.1) is 5.69 Å². The van der Waals surface area contributed by atoms with Crippen molar-refractivity contribution in [2.45, 2.75) is 12.8 Å². The number of rotatable bonds is 4. The fourth-order valence-corrected chi connectivity index (χ4v) is 3.55. The number of carbonyl (C=O) groups is 1. The average Bonchev–Trinajstić information content (AvgIpc) is 2.72. The van der Waals surface area contributed by atoms with Crippen LogP contribution in [0.3, 0.4) is 0 Å². The predicted octanol–water partition coefficient (Wildman–Crippen LogP) is 3.40. The van der Waals surface area contributed by atoms with Crippen molar-refractivity contribution in [3.63, 3.8) is 0 Å². The molecule has 1 aromatic carbocycles. The van der Waals surface area contributed by atoms with Crippen LogP contribution in [-0.2, 0) is 4.74 Å². The highest BCUT2D eigenvalue weighted by Gasteiger charge is 2.22. The van der Waals surface area contributed by atoms with Gasteiger partial charge in [-0.3, -0.25) is 4.79 Å². The van der Waals surface area contributed by atoms with Crippen molar-refractivity contribution in [2.75, 3.05) is 31.2 Å². The number of para-hydroxylation sites is 1. The molecule has 2 aliphatic heterocycles. The Hall–Kier alpha value is -2.66. The molecule has 0 spiro atoms. The molecule has 1 aromatic heterocycles. The Morgan fingerprint density at radius 3 is 2.85 bits per heavy atom. The van der Waals surface area contributed by atoms with Crippen LogP contribution in [0.15, 0.2) is 48.7 Å². The quantitative estimate of drug-likeness (QED) is 0.919. The third kappa shape index (κ3) is 3.48. The molecule has 26 heavy (non-hydrogen) atoms. The second-order valence-corrected chi connectivity index (χ2v) is 6.71. The number of anilines is 2. The van der Waals surface area contributed by atoms with Crippen LogP contribution in [-0.4, -0.2) is 37.2 Å². The summed E-state index contributed by atoms with van der Waals surface area (Å²) in [7, 11) is 0. The number of carbonyl (C=O) groups excluding carboxylic acids is 1. The van der Waals surface area contributed by atoms with Gasteiger partial charge < -0.3 is 15.0 Å². The van der Waals surface area contributed by atoms with Crippen molar-refractivity contribution in [1.82, 2.24) is 10.3 Å². The largest absolute Gasteiger partial charge is 0.381 e. The molecule has 2 aromatic rings. The summed E-state index contributed by atoms with van der Waals surface area (Å²) in [5.41, 5.74) is 3.57. The zero-order chi connectivity index (χ0) is 17.8. The van der Waals surface area contributed by atoms with E-state index in [1.54, 1.807) is 6.20 Å². The normalized spacial score (nSPS) is 17.0. The lowest BCUT2D eigenvalue weighted by atomic mass is 10.0. The summed E-state index contributed by atoms with van der Waals surface area (Å²) in [5.74, 6) is 0.373. The monoisotopic (exact) mass is 349 g/mol. The van der Waals surface area contributed by atoms with Gasteiger partial charge in [0, 0.05) is 38.2 Å². The molecule has 1 saturated heterocycles. The molecule has 3 heterocycles. The Kier molecular flexibility index (Phi) is 4.97. The van der Waals surface area contributed by atoms with E-state index in [1.807, 2.05) is 24.3 Å².